The third-order valence-electron chi connectivity index (χ3n) is 8.24. The van der Waals surface area contributed by atoms with Gasteiger partial charge in [-0.2, -0.15) is 0 Å². The molecule has 0 atom stereocenters. The summed E-state index contributed by atoms with van der Waals surface area (Å²) in [5.41, 5.74) is 6.83. The highest BCUT2D eigenvalue weighted by molar-refractivity contribution is 5.94. The van der Waals surface area contributed by atoms with E-state index in [9.17, 15) is 14.7 Å². The molecule has 0 radical (unpaired) electrons. The summed E-state index contributed by atoms with van der Waals surface area (Å²) in [5.74, 6) is 0.961. The van der Waals surface area contributed by atoms with Gasteiger partial charge in [0.05, 0.1) is 25.1 Å². The van der Waals surface area contributed by atoms with Crippen LogP contribution in [0.4, 0.5) is 5.69 Å². The predicted octanol–water partition coefficient (Wildman–Crippen LogP) is 3.09. The van der Waals surface area contributed by atoms with Gasteiger partial charge in [-0.1, -0.05) is 28.0 Å². The van der Waals surface area contributed by atoms with Crippen LogP contribution < -0.4 is 26.0 Å². The minimum atomic E-state index is -0.543. The molecule has 2 aromatic carbocycles. The molecule has 12 heteroatoms. The Morgan fingerprint density at radius 2 is 1.86 bits per heavy atom. The molecule has 1 saturated carbocycles. The first-order valence-electron chi connectivity index (χ1n) is 14.8. The summed E-state index contributed by atoms with van der Waals surface area (Å²) in [4.78, 5) is 31.9. The van der Waals surface area contributed by atoms with Crippen molar-refractivity contribution in [1.82, 2.24) is 29.4 Å². The SMILES string of the molecule is COc1cc2c(cc1OCC1CC1)CCn1c-2c/c(=N\c2c(C)cc(C)cc2C)n(CCNC(=O)c2c(O)nnn2C)c1=O. The van der Waals surface area contributed by atoms with Crippen LogP contribution in [0.25, 0.3) is 11.3 Å². The lowest BCUT2D eigenvalue weighted by molar-refractivity contribution is 0.0939. The van der Waals surface area contributed by atoms with Gasteiger partial charge in [0.1, 0.15) is 5.49 Å². The molecule has 1 aliphatic heterocycles. The molecular formula is C32H37N7O5. The Morgan fingerprint density at radius 1 is 1.11 bits per heavy atom. The molecule has 44 heavy (non-hydrogen) atoms. The summed E-state index contributed by atoms with van der Waals surface area (Å²) in [6, 6.07) is 10.1. The third kappa shape index (κ3) is 5.59. The zero-order valence-electron chi connectivity index (χ0n) is 25.7. The fourth-order valence-corrected chi connectivity index (χ4v) is 5.83. The zero-order chi connectivity index (χ0) is 31.1. The molecule has 1 fully saturated rings. The molecular weight excluding hydrogens is 562 g/mol. The number of benzene rings is 2. The van der Waals surface area contributed by atoms with Crippen LogP contribution in [0.15, 0.2) is 40.1 Å². The summed E-state index contributed by atoms with van der Waals surface area (Å²) >= 11 is 0. The maximum atomic E-state index is 14.1. The number of aromatic hydroxyl groups is 1. The van der Waals surface area contributed by atoms with Crippen LogP contribution in [0.2, 0.25) is 0 Å². The van der Waals surface area contributed by atoms with Gasteiger partial charge in [0.15, 0.2) is 17.2 Å². The van der Waals surface area contributed by atoms with Crippen molar-refractivity contribution in [2.24, 2.45) is 18.0 Å². The van der Waals surface area contributed by atoms with Crippen LogP contribution in [0.1, 0.15) is 45.6 Å². The molecule has 12 nitrogen and oxygen atoms in total. The number of carbonyl (C=O) groups excluding carboxylic acids is 1. The number of carbonyl (C=O) groups is 1. The topological polar surface area (TPSA) is 138 Å². The van der Waals surface area contributed by atoms with Crippen LogP contribution >= 0.6 is 0 Å². The van der Waals surface area contributed by atoms with Gasteiger partial charge in [-0.25, -0.2) is 14.5 Å². The number of hydrogen-bond donors (Lipinski definition) is 2. The summed E-state index contributed by atoms with van der Waals surface area (Å²) in [6.07, 6.45) is 3.05. The fraction of sp³-hybridized carbons (Fsp3) is 0.406. The van der Waals surface area contributed by atoms with Crippen LogP contribution in [0.5, 0.6) is 17.4 Å². The molecule has 1 aliphatic carbocycles. The molecule has 0 unspecified atom stereocenters. The largest absolute Gasteiger partial charge is 0.493 e. The van der Waals surface area contributed by atoms with E-state index in [-0.39, 0.29) is 24.5 Å². The van der Waals surface area contributed by atoms with Crippen molar-refractivity contribution in [3.63, 3.8) is 0 Å². The highest BCUT2D eigenvalue weighted by atomic mass is 16.5. The van der Waals surface area contributed by atoms with E-state index in [0.717, 1.165) is 44.9 Å². The lowest BCUT2D eigenvalue weighted by Gasteiger charge is -2.25. The van der Waals surface area contributed by atoms with Gasteiger partial charge in [0.25, 0.3) is 11.8 Å². The molecule has 2 aromatic heterocycles. The Labute approximate surface area is 254 Å². The minimum Gasteiger partial charge on any atom is -0.493 e. The molecule has 3 heterocycles. The second kappa shape index (κ2) is 11.7. The summed E-state index contributed by atoms with van der Waals surface area (Å²) in [5, 5.41) is 19.9. The van der Waals surface area contributed by atoms with E-state index in [1.807, 2.05) is 39.0 Å². The van der Waals surface area contributed by atoms with Crippen molar-refractivity contribution in [1.29, 1.82) is 0 Å². The molecule has 2 aliphatic rings. The summed E-state index contributed by atoms with van der Waals surface area (Å²) < 4.78 is 16.4. The maximum absolute atomic E-state index is 14.1. The monoisotopic (exact) mass is 599 g/mol. The van der Waals surface area contributed by atoms with Crippen molar-refractivity contribution in [3.05, 3.63) is 74.3 Å². The van der Waals surface area contributed by atoms with Crippen LogP contribution in [-0.2, 0) is 26.6 Å². The predicted molar refractivity (Wildman–Crippen MR) is 163 cm³/mol. The molecule has 0 saturated heterocycles. The van der Waals surface area contributed by atoms with E-state index in [0.29, 0.717) is 36.7 Å². The van der Waals surface area contributed by atoms with E-state index >= 15 is 0 Å². The number of rotatable bonds is 9. The number of hydrogen-bond acceptors (Lipinski definition) is 8. The number of ether oxygens (including phenoxy) is 2. The quantitative estimate of drug-likeness (QED) is 0.302. The molecule has 0 bridgehead atoms. The van der Waals surface area contributed by atoms with E-state index < -0.39 is 11.8 Å². The van der Waals surface area contributed by atoms with Crippen LogP contribution in [0.3, 0.4) is 0 Å². The lowest BCUT2D eigenvalue weighted by Crippen LogP contribution is -2.44. The molecule has 230 valence electrons. The van der Waals surface area contributed by atoms with Gasteiger partial charge in [0, 0.05) is 38.3 Å². The Morgan fingerprint density at radius 3 is 2.52 bits per heavy atom. The second-order valence-corrected chi connectivity index (χ2v) is 11.6. The van der Waals surface area contributed by atoms with Crippen LogP contribution in [0, 0.1) is 26.7 Å². The van der Waals surface area contributed by atoms with E-state index in [2.05, 4.69) is 27.8 Å². The molecule has 0 spiro atoms. The van der Waals surface area contributed by atoms with E-state index in [1.165, 1.54) is 24.6 Å². The van der Waals surface area contributed by atoms with Crippen molar-refractivity contribution in [2.45, 2.75) is 53.1 Å². The number of methoxy groups -OCH3 is 1. The maximum Gasteiger partial charge on any atom is 0.330 e. The van der Waals surface area contributed by atoms with Gasteiger partial charge in [-0.3, -0.25) is 13.9 Å². The van der Waals surface area contributed by atoms with Gasteiger partial charge in [-0.15, -0.1) is 0 Å². The highest BCUT2D eigenvalue weighted by Gasteiger charge is 2.26. The Hall–Kier alpha value is -4.87. The zero-order valence-corrected chi connectivity index (χ0v) is 25.7. The Kier molecular flexibility index (Phi) is 7.74. The third-order valence-corrected chi connectivity index (χ3v) is 8.24. The average Bonchev–Trinajstić information content (AvgIpc) is 3.76. The fourth-order valence-electron chi connectivity index (χ4n) is 5.83. The number of aromatic nitrogens is 5. The van der Waals surface area contributed by atoms with Crippen LogP contribution in [-0.4, -0.2) is 55.4 Å². The average molecular weight is 600 g/mol. The van der Waals surface area contributed by atoms with Crippen molar-refractivity contribution in [3.8, 4) is 28.6 Å². The molecule has 1 amide bonds. The van der Waals surface area contributed by atoms with E-state index in [1.54, 1.807) is 16.2 Å². The molecule has 4 aromatic rings. The number of fused-ring (bicyclic) bond motifs is 3. The number of nitrogens with one attached hydrogen (secondary N) is 1. The van der Waals surface area contributed by atoms with Gasteiger partial charge < -0.3 is 19.9 Å². The normalized spacial score (nSPS) is 14.2. The number of amides is 1. The van der Waals surface area contributed by atoms with Crippen molar-refractivity contribution in [2.75, 3.05) is 20.3 Å². The summed E-state index contributed by atoms with van der Waals surface area (Å²) in [6.45, 7) is 7.49. The van der Waals surface area contributed by atoms with Crippen molar-refractivity contribution < 1.29 is 19.4 Å². The Balaban J connectivity index is 1.43. The van der Waals surface area contributed by atoms with E-state index in [4.69, 9.17) is 14.5 Å². The first-order chi connectivity index (χ1) is 21.1. The van der Waals surface area contributed by atoms with Gasteiger partial charge in [0.2, 0.25) is 0 Å². The first-order valence-corrected chi connectivity index (χ1v) is 14.8. The first kappa shape index (κ1) is 29.2. The number of nitrogens with zero attached hydrogens (tertiary/aromatic N) is 6. The second-order valence-electron chi connectivity index (χ2n) is 11.6. The van der Waals surface area contributed by atoms with Gasteiger partial charge in [-0.05, 0) is 74.8 Å². The Bertz CT molecular complexity index is 1860. The standard InChI is InChI=1S/C32H37N7O5/c1-18-12-19(2)28(20(3)13-18)34-27-16-24-23-15-25(43-5)26(44-17-21-6-7-21)14-22(23)8-10-38(24)32(42)39(27)11-9-33-30(40)29-31(41)35-36-37(29)4/h12-16,21,41H,6-11,17H2,1-5H3,(H,33,40)/b34-27+. The molecule has 2 N–H and O–H groups in total. The molecule has 6 rings (SSSR count). The lowest BCUT2D eigenvalue weighted by atomic mass is 9.97. The highest BCUT2D eigenvalue weighted by Crippen LogP contribution is 2.39. The minimum absolute atomic E-state index is 0.0565. The van der Waals surface area contributed by atoms with Gasteiger partial charge >= 0.3 is 5.69 Å². The smallest absolute Gasteiger partial charge is 0.330 e. The number of aryl methyl sites for hydroxylation is 5. The van der Waals surface area contributed by atoms with Crippen molar-refractivity contribution >= 4 is 11.6 Å². The summed E-state index contributed by atoms with van der Waals surface area (Å²) in [7, 11) is 3.14.